The van der Waals surface area contributed by atoms with E-state index in [2.05, 4.69) is 10.6 Å². The summed E-state index contributed by atoms with van der Waals surface area (Å²) in [5, 5.41) is 57.7. The summed E-state index contributed by atoms with van der Waals surface area (Å²) in [5.74, 6) is -1.69. The number of rotatable bonds is 24. The zero-order chi connectivity index (χ0) is 36.3. The summed E-state index contributed by atoms with van der Waals surface area (Å²) >= 11 is 0. The summed E-state index contributed by atoms with van der Waals surface area (Å²) < 4.78 is 22.5. The summed E-state index contributed by atoms with van der Waals surface area (Å²) in [4.78, 5) is 47.5. The van der Waals surface area contributed by atoms with Crippen LogP contribution in [0.15, 0.2) is 0 Å². The van der Waals surface area contributed by atoms with Crippen LogP contribution in [-0.2, 0) is 38.1 Å². The largest absolute Gasteiger partial charge is 0.479 e. The van der Waals surface area contributed by atoms with E-state index >= 15 is 0 Å². The lowest BCUT2D eigenvalue weighted by Crippen LogP contribution is -2.67. The van der Waals surface area contributed by atoms with Crippen LogP contribution >= 0.6 is 0 Å². The first kappa shape index (κ1) is 42.9. The highest BCUT2D eigenvalue weighted by molar-refractivity contribution is 5.78. The molecule has 2 aliphatic heterocycles. The average Bonchev–Trinajstić information content (AvgIpc) is 3.05. The summed E-state index contributed by atoms with van der Waals surface area (Å²) in [6.45, 7) is 5.56. The summed E-state index contributed by atoms with van der Waals surface area (Å²) in [6.07, 6.45) is -1.72. The quantitative estimate of drug-likeness (QED) is 0.0707. The van der Waals surface area contributed by atoms with Crippen molar-refractivity contribution < 1.29 is 63.7 Å². The number of aliphatic carboxylic acids is 1. The lowest BCUT2D eigenvalue weighted by Gasteiger charge is -2.46. The molecule has 0 bridgehead atoms. The lowest BCUT2D eigenvalue weighted by molar-refractivity contribution is -0.339. The highest BCUT2D eigenvalue weighted by atomic mass is 16.7. The van der Waals surface area contributed by atoms with Crippen molar-refractivity contribution in [3.63, 3.8) is 0 Å². The third-order valence-corrected chi connectivity index (χ3v) is 8.87. The van der Waals surface area contributed by atoms with Gasteiger partial charge < -0.3 is 55.1 Å². The van der Waals surface area contributed by atoms with E-state index in [0.29, 0.717) is 38.0 Å². The second-order valence-electron chi connectivity index (χ2n) is 13.0. The van der Waals surface area contributed by atoms with Gasteiger partial charge in [-0.05, 0) is 38.5 Å². The second kappa shape index (κ2) is 23.3. The van der Waals surface area contributed by atoms with E-state index in [9.17, 15) is 44.7 Å². The normalized spacial score (nSPS) is 30.1. The number of hydrogen-bond acceptors (Lipinski definition) is 12. The van der Waals surface area contributed by atoms with Crippen LogP contribution < -0.4 is 10.6 Å². The van der Waals surface area contributed by atoms with Gasteiger partial charge in [0.05, 0.1) is 6.10 Å². The van der Waals surface area contributed by atoms with Crippen LogP contribution in [0.3, 0.4) is 0 Å². The van der Waals surface area contributed by atoms with Crippen LogP contribution in [-0.4, -0.2) is 124 Å². The maximum absolute atomic E-state index is 12.1. The van der Waals surface area contributed by atoms with Gasteiger partial charge >= 0.3 is 5.97 Å². The smallest absolute Gasteiger partial charge is 0.335 e. The molecule has 15 heteroatoms. The molecule has 0 aromatic rings. The molecule has 0 radical (unpaired) electrons. The first-order valence-electron chi connectivity index (χ1n) is 18.0. The van der Waals surface area contributed by atoms with Gasteiger partial charge in [-0.2, -0.15) is 0 Å². The molecule has 0 saturated carbocycles. The monoisotopic (exact) mass is 704 g/mol. The Morgan fingerprint density at radius 1 is 0.714 bits per heavy atom. The van der Waals surface area contributed by atoms with Gasteiger partial charge in [0.2, 0.25) is 11.8 Å². The molecule has 0 aliphatic carbocycles. The molecule has 0 aromatic heterocycles. The predicted molar refractivity (Wildman–Crippen MR) is 176 cm³/mol. The van der Waals surface area contributed by atoms with Crippen LogP contribution in [0.25, 0.3) is 0 Å². The van der Waals surface area contributed by atoms with Crippen molar-refractivity contribution in [3.8, 4) is 0 Å². The number of carboxylic acids is 1. The van der Waals surface area contributed by atoms with E-state index in [0.717, 1.165) is 64.2 Å². The van der Waals surface area contributed by atoms with E-state index in [1.165, 1.54) is 6.92 Å². The van der Waals surface area contributed by atoms with Crippen molar-refractivity contribution in [2.24, 2.45) is 0 Å². The number of unbranched alkanes of at least 4 members (excludes halogenated alkanes) is 8. The number of aliphatic hydroxyl groups excluding tert-OH is 4. The molecule has 284 valence electrons. The van der Waals surface area contributed by atoms with Gasteiger partial charge in [-0.25, -0.2) is 4.79 Å². The maximum atomic E-state index is 12.1. The molecule has 2 heterocycles. The van der Waals surface area contributed by atoms with E-state index in [-0.39, 0.29) is 18.9 Å². The van der Waals surface area contributed by atoms with Crippen molar-refractivity contribution in [3.05, 3.63) is 0 Å². The minimum absolute atomic E-state index is 0.0328. The Kier molecular flexibility index (Phi) is 20.4. The number of hydrogen-bond donors (Lipinski definition) is 7. The van der Waals surface area contributed by atoms with Crippen LogP contribution in [0.5, 0.6) is 0 Å². The Balaban J connectivity index is 1.66. The fraction of sp³-hybridized carbons (Fsp3) is 0.882. The molecule has 2 aliphatic rings. The molecule has 15 nitrogen and oxygen atoms in total. The molecule has 2 amide bonds. The van der Waals surface area contributed by atoms with Crippen LogP contribution in [0.4, 0.5) is 0 Å². The Morgan fingerprint density at radius 3 is 1.98 bits per heavy atom. The SMILES string of the molecule is CCCC(=O)CCCCCCCCC(=O)NCCCCCCOC1OC(C(=O)O)C(OC2OC(CC)C(O)C(O)C2NC(C)=O)C(O)C1O. The number of ketones is 1. The Morgan fingerprint density at radius 2 is 1.35 bits per heavy atom. The van der Waals surface area contributed by atoms with E-state index in [4.69, 9.17) is 18.9 Å². The van der Waals surface area contributed by atoms with Gasteiger partial charge in [0.25, 0.3) is 0 Å². The molecule has 0 spiro atoms. The zero-order valence-corrected chi connectivity index (χ0v) is 29.3. The van der Waals surface area contributed by atoms with Crippen molar-refractivity contribution in [2.45, 2.75) is 178 Å². The van der Waals surface area contributed by atoms with Gasteiger partial charge in [0.15, 0.2) is 18.7 Å². The Hall–Kier alpha value is -2.24. The first-order chi connectivity index (χ1) is 23.4. The van der Waals surface area contributed by atoms with E-state index in [1.807, 2.05) is 6.92 Å². The number of carboxylic acid groups (broad SMARTS) is 1. The number of carbonyl (C=O) groups excluding carboxylic acids is 3. The Bertz CT molecular complexity index is 1000. The average molecular weight is 705 g/mol. The molecule has 2 saturated heterocycles. The first-order valence-corrected chi connectivity index (χ1v) is 18.0. The zero-order valence-electron chi connectivity index (χ0n) is 29.3. The van der Waals surface area contributed by atoms with Gasteiger partial charge in [-0.1, -0.05) is 52.4 Å². The molecule has 2 rings (SSSR count). The highest BCUT2D eigenvalue weighted by Gasteiger charge is 2.53. The molecular weight excluding hydrogens is 644 g/mol. The molecular formula is C34H60N2O13. The number of Topliss-reactive ketones (excluding diaryl/α,β-unsaturated/α-hetero) is 1. The van der Waals surface area contributed by atoms with Crippen molar-refractivity contribution >= 4 is 23.6 Å². The molecule has 10 unspecified atom stereocenters. The van der Waals surface area contributed by atoms with E-state index in [1.54, 1.807) is 6.92 Å². The van der Waals surface area contributed by atoms with Crippen LogP contribution in [0.2, 0.25) is 0 Å². The van der Waals surface area contributed by atoms with Gasteiger partial charge in [0.1, 0.15) is 42.3 Å². The number of amides is 2. The Labute approximate surface area is 289 Å². The third-order valence-electron chi connectivity index (χ3n) is 8.87. The summed E-state index contributed by atoms with van der Waals surface area (Å²) in [5.41, 5.74) is 0. The van der Waals surface area contributed by atoms with Gasteiger partial charge in [0, 0.05) is 39.3 Å². The second-order valence-corrected chi connectivity index (χ2v) is 13.0. The van der Waals surface area contributed by atoms with Crippen molar-refractivity contribution in [2.75, 3.05) is 13.2 Å². The minimum atomic E-state index is -1.79. The summed E-state index contributed by atoms with van der Waals surface area (Å²) in [7, 11) is 0. The third kappa shape index (κ3) is 14.9. The fourth-order valence-corrected chi connectivity index (χ4v) is 6.07. The molecule has 2 fully saturated rings. The summed E-state index contributed by atoms with van der Waals surface area (Å²) in [6, 6.07) is -1.29. The molecule has 10 atom stereocenters. The fourth-order valence-electron chi connectivity index (χ4n) is 6.07. The molecule has 49 heavy (non-hydrogen) atoms. The van der Waals surface area contributed by atoms with Crippen LogP contribution in [0, 0.1) is 0 Å². The maximum Gasteiger partial charge on any atom is 0.335 e. The predicted octanol–water partition coefficient (Wildman–Crippen LogP) is 1.45. The molecule has 0 aromatic carbocycles. The van der Waals surface area contributed by atoms with Gasteiger partial charge in [-0.3, -0.25) is 14.4 Å². The number of nitrogens with one attached hydrogen (secondary N) is 2. The van der Waals surface area contributed by atoms with Crippen molar-refractivity contribution in [1.29, 1.82) is 0 Å². The standard InChI is InChI=1S/C34H60N2O13/c1-4-16-22(38)17-12-8-6-7-9-13-18-24(39)35-19-14-10-11-15-20-46-34-29(43)28(42)30(31(49-34)32(44)45)48-33-25(36-21(3)37)27(41)26(40)23(5-2)47-33/h23,25-31,33-34,40-43H,4-20H2,1-3H3,(H,35,39)(H,36,37)(H,44,45). The highest BCUT2D eigenvalue weighted by Crippen LogP contribution is 2.30. The van der Waals surface area contributed by atoms with E-state index < -0.39 is 73.2 Å². The van der Waals surface area contributed by atoms with Crippen molar-refractivity contribution in [1.82, 2.24) is 10.6 Å². The van der Waals surface area contributed by atoms with Gasteiger partial charge in [-0.15, -0.1) is 0 Å². The lowest BCUT2D eigenvalue weighted by atomic mass is 9.94. The molecule has 7 N–H and O–H groups in total. The number of ether oxygens (including phenoxy) is 4. The number of aliphatic hydroxyl groups is 4. The topological polar surface area (TPSA) is 230 Å². The number of carbonyl (C=O) groups is 4. The minimum Gasteiger partial charge on any atom is -0.479 e. The van der Waals surface area contributed by atoms with Crippen LogP contribution in [0.1, 0.15) is 117 Å².